The van der Waals surface area contributed by atoms with Gasteiger partial charge in [0.1, 0.15) is 5.15 Å². The first-order valence-electron chi connectivity index (χ1n) is 6.36. The lowest BCUT2D eigenvalue weighted by Gasteiger charge is -2.09. The highest BCUT2D eigenvalue weighted by atomic mass is 35.5. The molecule has 20 heavy (non-hydrogen) atoms. The predicted octanol–water partition coefficient (Wildman–Crippen LogP) is 2.31. The van der Waals surface area contributed by atoms with Gasteiger partial charge in [0.2, 0.25) is 0 Å². The summed E-state index contributed by atoms with van der Waals surface area (Å²) in [7, 11) is 1.79. The fourth-order valence-corrected chi connectivity index (χ4v) is 2.67. The molecule has 3 heterocycles. The molecule has 1 atom stereocenters. The van der Waals surface area contributed by atoms with Crippen molar-refractivity contribution in [2.45, 2.75) is 19.4 Å². The topological polar surface area (TPSA) is 55.3 Å². The summed E-state index contributed by atoms with van der Waals surface area (Å²) in [6, 6.07) is 5.76. The molecule has 0 radical (unpaired) electrons. The molecule has 0 spiro atoms. The maximum atomic E-state index is 10.5. The van der Waals surface area contributed by atoms with E-state index in [0.29, 0.717) is 11.6 Å². The fraction of sp³-hybridized carbons (Fsp3) is 0.286. The van der Waals surface area contributed by atoms with Crippen LogP contribution in [0, 0.1) is 6.92 Å². The second kappa shape index (κ2) is 4.92. The van der Waals surface area contributed by atoms with Gasteiger partial charge in [0.05, 0.1) is 23.5 Å². The van der Waals surface area contributed by atoms with Gasteiger partial charge in [-0.2, -0.15) is 10.2 Å². The normalized spacial score (nSPS) is 13.0. The molecule has 0 saturated carbocycles. The lowest BCUT2D eigenvalue weighted by molar-refractivity contribution is 0.179. The number of halogens is 1. The molecule has 3 aromatic rings. The van der Waals surface area contributed by atoms with Crippen molar-refractivity contribution in [1.29, 1.82) is 0 Å². The van der Waals surface area contributed by atoms with E-state index in [1.54, 1.807) is 22.4 Å². The van der Waals surface area contributed by atoms with E-state index in [1.807, 2.05) is 31.3 Å². The van der Waals surface area contributed by atoms with Crippen LogP contribution in [0.15, 0.2) is 30.6 Å². The summed E-state index contributed by atoms with van der Waals surface area (Å²) in [5, 5.41) is 19.5. The molecule has 0 aliphatic rings. The number of hydrogen-bond acceptors (Lipinski definition) is 3. The van der Waals surface area contributed by atoms with E-state index in [4.69, 9.17) is 11.6 Å². The quantitative estimate of drug-likeness (QED) is 0.805. The van der Waals surface area contributed by atoms with Gasteiger partial charge < -0.3 is 5.11 Å². The molecule has 104 valence electrons. The number of aromatic nitrogens is 4. The maximum Gasteiger partial charge on any atom is 0.130 e. The molecule has 1 N–H and O–H groups in total. The van der Waals surface area contributed by atoms with Gasteiger partial charge in [-0.15, -0.1) is 0 Å². The number of aryl methyl sites for hydroxylation is 2. The van der Waals surface area contributed by atoms with Gasteiger partial charge in [-0.25, -0.2) is 4.52 Å². The van der Waals surface area contributed by atoms with Crippen molar-refractivity contribution in [3.63, 3.8) is 0 Å². The van der Waals surface area contributed by atoms with Crippen LogP contribution in [-0.4, -0.2) is 24.5 Å². The first-order valence-corrected chi connectivity index (χ1v) is 6.74. The Morgan fingerprint density at radius 2 is 2.20 bits per heavy atom. The lowest BCUT2D eigenvalue weighted by atomic mass is 10.0. The zero-order valence-corrected chi connectivity index (χ0v) is 12.0. The van der Waals surface area contributed by atoms with Crippen LogP contribution in [0.3, 0.4) is 0 Å². The van der Waals surface area contributed by atoms with Crippen molar-refractivity contribution >= 4 is 17.1 Å². The van der Waals surface area contributed by atoms with Crippen LogP contribution in [0.5, 0.6) is 0 Å². The third-order valence-corrected chi connectivity index (χ3v) is 3.96. The third kappa shape index (κ3) is 2.09. The van der Waals surface area contributed by atoms with Crippen molar-refractivity contribution in [2.24, 2.45) is 7.05 Å². The minimum absolute atomic E-state index is 0.425. The van der Waals surface area contributed by atoms with Crippen LogP contribution in [0.1, 0.15) is 22.9 Å². The van der Waals surface area contributed by atoms with Crippen LogP contribution in [0.4, 0.5) is 0 Å². The van der Waals surface area contributed by atoms with Crippen LogP contribution in [-0.2, 0) is 13.5 Å². The number of pyridine rings is 1. The minimum atomic E-state index is -0.657. The molecular weight excluding hydrogens is 276 g/mol. The van der Waals surface area contributed by atoms with Crippen LogP contribution in [0.2, 0.25) is 5.15 Å². The van der Waals surface area contributed by atoms with Crippen molar-refractivity contribution < 1.29 is 5.11 Å². The average Bonchev–Trinajstić information content (AvgIpc) is 2.96. The molecular formula is C14H15ClN4O. The summed E-state index contributed by atoms with van der Waals surface area (Å²) in [5.41, 5.74) is 3.41. The summed E-state index contributed by atoms with van der Waals surface area (Å²) in [6.45, 7) is 1.89. The average molecular weight is 291 g/mol. The first-order chi connectivity index (χ1) is 9.58. The number of aliphatic hydroxyl groups excluding tert-OH is 1. The van der Waals surface area contributed by atoms with E-state index < -0.39 is 6.10 Å². The van der Waals surface area contributed by atoms with Gasteiger partial charge in [-0.1, -0.05) is 17.7 Å². The second-order valence-corrected chi connectivity index (χ2v) is 5.19. The molecule has 1 unspecified atom stereocenters. The van der Waals surface area contributed by atoms with Crippen molar-refractivity contribution in [3.05, 3.63) is 52.6 Å². The minimum Gasteiger partial charge on any atom is -0.388 e. The summed E-state index contributed by atoms with van der Waals surface area (Å²) < 4.78 is 3.37. The molecule has 0 fully saturated rings. The summed E-state index contributed by atoms with van der Waals surface area (Å²) >= 11 is 6.21. The third-order valence-electron chi connectivity index (χ3n) is 3.48. The van der Waals surface area contributed by atoms with Gasteiger partial charge in [0, 0.05) is 30.8 Å². The second-order valence-electron chi connectivity index (χ2n) is 4.83. The molecule has 3 rings (SSSR count). The molecule has 0 bridgehead atoms. The molecule has 0 saturated heterocycles. The maximum absolute atomic E-state index is 10.5. The highest BCUT2D eigenvalue weighted by Gasteiger charge is 2.19. The Morgan fingerprint density at radius 1 is 1.40 bits per heavy atom. The molecule has 0 aromatic carbocycles. The van der Waals surface area contributed by atoms with E-state index >= 15 is 0 Å². The molecule has 0 aliphatic carbocycles. The van der Waals surface area contributed by atoms with E-state index in [-0.39, 0.29) is 0 Å². The largest absolute Gasteiger partial charge is 0.388 e. The van der Waals surface area contributed by atoms with E-state index in [0.717, 1.165) is 22.3 Å². The Balaban J connectivity index is 1.95. The van der Waals surface area contributed by atoms with Crippen molar-refractivity contribution in [1.82, 2.24) is 19.4 Å². The lowest BCUT2D eigenvalue weighted by Crippen LogP contribution is -2.02. The van der Waals surface area contributed by atoms with Gasteiger partial charge in [0.15, 0.2) is 0 Å². The van der Waals surface area contributed by atoms with Crippen LogP contribution >= 0.6 is 11.6 Å². The Kier molecular flexibility index (Phi) is 3.23. The van der Waals surface area contributed by atoms with E-state index in [1.165, 1.54) is 0 Å². The monoisotopic (exact) mass is 290 g/mol. The Labute approximate surface area is 121 Å². The number of nitrogens with zero attached hydrogens (tertiary/aromatic N) is 4. The summed E-state index contributed by atoms with van der Waals surface area (Å²) in [5.74, 6) is 0. The van der Waals surface area contributed by atoms with E-state index in [2.05, 4.69) is 10.2 Å². The summed E-state index contributed by atoms with van der Waals surface area (Å²) in [4.78, 5) is 0. The number of aliphatic hydroxyl groups is 1. The zero-order valence-electron chi connectivity index (χ0n) is 11.3. The number of hydrogen-bond donors (Lipinski definition) is 1. The Bertz CT molecular complexity index is 762. The fourth-order valence-electron chi connectivity index (χ4n) is 2.42. The molecule has 0 aliphatic heterocycles. The molecule has 6 heteroatoms. The standard InChI is InChI=1S/C14H15ClN4O/c1-9-10(14(15)18(2)17-9)7-13(20)11-8-16-19-6-4-3-5-12(11)19/h3-6,8,13,20H,7H2,1-2H3. The highest BCUT2D eigenvalue weighted by molar-refractivity contribution is 6.30. The van der Waals surface area contributed by atoms with Crippen molar-refractivity contribution in [2.75, 3.05) is 0 Å². The van der Waals surface area contributed by atoms with Crippen molar-refractivity contribution in [3.8, 4) is 0 Å². The number of fused-ring (bicyclic) bond motifs is 1. The van der Waals surface area contributed by atoms with E-state index in [9.17, 15) is 5.11 Å². The van der Waals surface area contributed by atoms with Gasteiger partial charge in [-0.3, -0.25) is 4.68 Å². The van der Waals surface area contributed by atoms with Gasteiger partial charge >= 0.3 is 0 Å². The molecule has 3 aromatic heterocycles. The molecule has 0 amide bonds. The van der Waals surface area contributed by atoms with Gasteiger partial charge in [0.25, 0.3) is 0 Å². The highest BCUT2D eigenvalue weighted by Crippen LogP contribution is 2.27. The van der Waals surface area contributed by atoms with Crippen LogP contribution < -0.4 is 0 Å². The Hall–Kier alpha value is -1.85. The molecule has 5 nitrogen and oxygen atoms in total. The predicted molar refractivity (Wildman–Crippen MR) is 76.8 cm³/mol. The summed E-state index contributed by atoms with van der Waals surface area (Å²) in [6.07, 6.45) is 3.32. The SMILES string of the molecule is Cc1nn(C)c(Cl)c1CC(O)c1cnn2ccccc12. The first kappa shape index (κ1) is 13.1. The van der Waals surface area contributed by atoms with Crippen LogP contribution in [0.25, 0.3) is 5.52 Å². The van der Waals surface area contributed by atoms with Gasteiger partial charge in [-0.05, 0) is 19.1 Å². The zero-order chi connectivity index (χ0) is 14.3. The Morgan fingerprint density at radius 3 is 2.90 bits per heavy atom. The smallest absolute Gasteiger partial charge is 0.130 e. The number of rotatable bonds is 3.